The second kappa shape index (κ2) is 5.54. The van der Waals surface area contributed by atoms with Gasteiger partial charge in [-0.3, -0.25) is 4.90 Å². The van der Waals surface area contributed by atoms with Crippen LogP contribution in [0.15, 0.2) is 54.6 Å². The molecule has 3 rings (SSSR count). The number of benzene rings is 2. The summed E-state index contributed by atoms with van der Waals surface area (Å²) < 4.78 is 13.0. The molecular formula is C17H18FN. The molecule has 0 radical (unpaired) electrons. The fraction of sp³-hybridized carbons (Fsp3) is 0.294. The predicted octanol–water partition coefficient (Wildman–Crippen LogP) is 4.16. The Bertz CT molecular complexity index is 521. The van der Waals surface area contributed by atoms with E-state index in [0.717, 1.165) is 13.1 Å². The largest absolute Gasteiger partial charge is 0.292 e. The van der Waals surface area contributed by atoms with Crippen molar-refractivity contribution in [2.45, 2.75) is 25.4 Å². The average molecular weight is 255 g/mol. The number of hydrogen-bond acceptors (Lipinski definition) is 1. The van der Waals surface area contributed by atoms with Crippen molar-refractivity contribution in [2.75, 3.05) is 6.54 Å². The first-order chi connectivity index (χ1) is 9.33. The molecule has 1 heterocycles. The van der Waals surface area contributed by atoms with E-state index in [4.69, 9.17) is 0 Å². The van der Waals surface area contributed by atoms with Gasteiger partial charge in [0.1, 0.15) is 5.82 Å². The number of likely N-dealkylation sites (tertiary alicyclic amines) is 1. The van der Waals surface area contributed by atoms with E-state index in [-0.39, 0.29) is 5.82 Å². The minimum absolute atomic E-state index is 0.156. The van der Waals surface area contributed by atoms with E-state index < -0.39 is 0 Å². The molecule has 1 aliphatic rings. The lowest BCUT2D eigenvalue weighted by Gasteiger charge is -2.25. The Hall–Kier alpha value is -1.67. The molecule has 2 aromatic carbocycles. The minimum Gasteiger partial charge on any atom is -0.292 e. The van der Waals surface area contributed by atoms with Gasteiger partial charge < -0.3 is 0 Å². The topological polar surface area (TPSA) is 3.24 Å². The van der Waals surface area contributed by atoms with Crippen LogP contribution in [0.4, 0.5) is 4.39 Å². The molecule has 1 saturated heterocycles. The van der Waals surface area contributed by atoms with Crippen molar-refractivity contribution in [3.8, 4) is 0 Å². The van der Waals surface area contributed by atoms with Crippen molar-refractivity contribution < 1.29 is 4.39 Å². The highest BCUT2D eigenvalue weighted by atomic mass is 19.1. The van der Waals surface area contributed by atoms with E-state index in [1.54, 1.807) is 12.1 Å². The SMILES string of the molecule is Fc1ccc(C2CCCN2Cc2ccccc2)cc1. The van der Waals surface area contributed by atoms with Gasteiger partial charge in [0, 0.05) is 12.6 Å². The van der Waals surface area contributed by atoms with Gasteiger partial charge in [0.05, 0.1) is 0 Å². The van der Waals surface area contributed by atoms with Gasteiger partial charge in [0.15, 0.2) is 0 Å². The second-order valence-corrected chi connectivity index (χ2v) is 5.17. The Morgan fingerprint density at radius 2 is 1.74 bits per heavy atom. The van der Waals surface area contributed by atoms with Gasteiger partial charge >= 0.3 is 0 Å². The summed E-state index contributed by atoms with van der Waals surface area (Å²) in [6.07, 6.45) is 2.38. The van der Waals surface area contributed by atoms with Crippen LogP contribution in [0.25, 0.3) is 0 Å². The van der Waals surface area contributed by atoms with E-state index in [1.807, 2.05) is 18.2 Å². The molecule has 0 saturated carbocycles. The summed E-state index contributed by atoms with van der Waals surface area (Å²) in [5.41, 5.74) is 2.58. The highest BCUT2D eigenvalue weighted by molar-refractivity contribution is 5.22. The predicted molar refractivity (Wildman–Crippen MR) is 75.2 cm³/mol. The molecule has 1 unspecified atom stereocenters. The van der Waals surface area contributed by atoms with E-state index in [9.17, 15) is 4.39 Å². The Morgan fingerprint density at radius 3 is 2.47 bits per heavy atom. The van der Waals surface area contributed by atoms with Gasteiger partial charge in [-0.1, -0.05) is 42.5 Å². The lowest BCUT2D eigenvalue weighted by Crippen LogP contribution is -2.22. The molecule has 0 amide bonds. The van der Waals surface area contributed by atoms with Crippen molar-refractivity contribution in [3.05, 3.63) is 71.5 Å². The van der Waals surface area contributed by atoms with Crippen LogP contribution in [0.1, 0.15) is 30.0 Å². The summed E-state index contributed by atoms with van der Waals surface area (Å²) in [6.45, 7) is 2.10. The first-order valence-corrected chi connectivity index (χ1v) is 6.86. The van der Waals surface area contributed by atoms with Gasteiger partial charge in [-0.15, -0.1) is 0 Å². The zero-order chi connectivity index (χ0) is 13.1. The van der Waals surface area contributed by atoms with Crippen LogP contribution in [0.5, 0.6) is 0 Å². The molecule has 2 heteroatoms. The third kappa shape index (κ3) is 2.85. The van der Waals surface area contributed by atoms with Gasteiger partial charge in [0.25, 0.3) is 0 Å². The average Bonchev–Trinajstić information content (AvgIpc) is 2.89. The van der Waals surface area contributed by atoms with E-state index >= 15 is 0 Å². The Morgan fingerprint density at radius 1 is 1.00 bits per heavy atom. The molecular weight excluding hydrogens is 237 g/mol. The van der Waals surface area contributed by atoms with Crippen LogP contribution < -0.4 is 0 Å². The van der Waals surface area contributed by atoms with Crippen LogP contribution >= 0.6 is 0 Å². The van der Waals surface area contributed by atoms with Crippen molar-refractivity contribution in [2.24, 2.45) is 0 Å². The molecule has 1 nitrogen and oxygen atoms in total. The molecule has 1 aliphatic heterocycles. The van der Waals surface area contributed by atoms with Crippen molar-refractivity contribution >= 4 is 0 Å². The van der Waals surface area contributed by atoms with Gasteiger partial charge in [-0.05, 0) is 42.6 Å². The first kappa shape index (κ1) is 12.4. The third-order valence-electron chi connectivity index (χ3n) is 3.85. The van der Waals surface area contributed by atoms with E-state index in [1.165, 1.54) is 24.0 Å². The number of halogens is 1. The van der Waals surface area contributed by atoms with E-state index in [0.29, 0.717) is 6.04 Å². The zero-order valence-electron chi connectivity index (χ0n) is 10.9. The summed E-state index contributed by atoms with van der Waals surface area (Å²) in [6, 6.07) is 17.9. The van der Waals surface area contributed by atoms with Crippen molar-refractivity contribution in [3.63, 3.8) is 0 Å². The Balaban J connectivity index is 1.76. The first-order valence-electron chi connectivity index (χ1n) is 6.86. The highest BCUT2D eigenvalue weighted by Gasteiger charge is 2.25. The molecule has 0 bridgehead atoms. The van der Waals surface area contributed by atoms with Crippen molar-refractivity contribution in [1.29, 1.82) is 0 Å². The summed E-state index contributed by atoms with van der Waals surface area (Å²) in [4.78, 5) is 2.49. The molecule has 0 N–H and O–H groups in total. The smallest absolute Gasteiger partial charge is 0.123 e. The molecule has 0 aliphatic carbocycles. The molecule has 0 aromatic heterocycles. The summed E-state index contributed by atoms with van der Waals surface area (Å²) >= 11 is 0. The Kier molecular flexibility index (Phi) is 3.60. The highest BCUT2D eigenvalue weighted by Crippen LogP contribution is 2.33. The lowest BCUT2D eigenvalue weighted by atomic mass is 10.0. The second-order valence-electron chi connectivity index (χ2n) is 5.17. The minimum atomic E-state index is -0.156. The monoisotopic (exact) mass is 255 g/mol. The summed E-state index contributed by atoms with van der Waals surface area (Å²) in [7, 11) is 0. The maximum absolute atomic E-state index is 13.0. The van der Waals surface area contributed by atoms with E-state index in [2.05, 4.69) is 29.2 Å². The quantitative estimate of drug-likeness (QED) is 0.796. The van der Waals surface area contributed by atoms with Gasteiger partial charge in [-0.2, -0.15) is 0 Å². The maximum atomic E-state index is 13.0. The lowest BCUT2D eigenvalue weighted by molar-refractivity contribution is 0.248. The number of hydrogen-bond donors (Lipinski definition) is 0. The number of nitrogens with zero attached hydrogens (tertiary/aromatic N) is 1. The van der Waals surface area contributed by atoms with Crippen LogP contribution in [-0.2, 0) is 6.54 Å². The molecule has 98 valence electrons. The fourth-order valence-electron chi connectivity index (χ4n) is 2.90. The standard InChI is InChI=1S/C17H18FN/c18-16-10-8-15(9-11-16)17-7-4-12-19(17)13-14-5-2-1-3-6-14/h1-3,5-6,8-11,17H,4,7,12-13H2. The molecule has 2 aromatic rings. The molecule has 0 spiro atoms. The third-order valence-corrected chi connectivity index (χ3v) is 3.85. The van der Waals surface area contributed by atoms with Crippen LogP contribution in [0.2, 0.25) is 0 Å². The van der Waals surface area contributed by atoms with Gasteiger partial charge in [0.2, 0.25) is 0 Å². The van der Waals surface area contributed by atoms with Crippen LogP contribution in [-0.4, -0.2) is 11.4 Å². The molecule has 1 fully saturated rings. The summed E-state index contributed by atoms with van der Waals surface area (Å²) in [5, 5.41) is 0. The summed E-state index contributed by atoms with van der Waals surface area (Å²) in [5.74, 6) is -0.156. The molecule has 1 atom stereocenters. The number of rotatable bonds is 3. The van der Waals surface area contributed by atoms with Gasteiger partial charge in [-0.25, -0.2) is 4.39 Å². The Labute approximate surface area is 113 Å². The fourth-order valence-corrected chi connectivity index (χ4v) is 2.90. The van der Waals surface area contributed by atoms with Crippen molar-refractivity contribution in [1.82, 2.24) is 4.90 Å². The maximum Gasteiger partial charge on any atom is 0.123 e. The zero-order valence-corrected chi connectivity index (χ0v) is 10.9. The molecule has 19 heavy (non-hydrogen) atoms. The van der Waals surface area contributed by atoms with Crippen LogP contribution in [0.3, 0.4) is 0 Å². The van der Waals surface area contributed by atoms with Crippen LogP contribution in [0, 0.1) is 5.82 Å². The normalized spacial score (nSPS) is 19.7.